The maximum atomic E-state index is 14.1. The Balaban J connectivity index is 2.22. The van der Waals surface area contributed by atoms with Gasteiger partial charge in [0.05, 0.1) is 5.41 Å². The Bertz CT molecular complexity index is 549. The largest absolute Gasteiger partial charge is 0.481 e. The Hall–Kier alpha value is -0.940. The van der Waals surface area contributed by atoms with Gasteiger partial charge in [-0.1, -0.05) is 35.8 Å². The highest BCUT2D eigenvalue weighted by Crippen LogP contribution is 2.41. The zero-order valence-corrected chi connectivity index (χ0v) is 14.2. The molecule has 3 nitrogen and oxygen atoms in total. The van der Waals surface area contributed by atoms with E-state index in [1.54, 1.807) is 6.07 Å². The molecular weight excluding hydrogens is 337 g/mol. The molecule has 0 radical (unpaired) electrons. The predicted molar refractivity (Wildman–Crippen MR) is 83.6 cm³/mol. The second-order valence-corrected chi connectivity index (χ2v) is 7.09. The van der Waals surface area contributed by atoms with Gasteiger partial charge in [-0.05, 0) is 37.9 Å². The lowest BCUT2D eigenvalue weighted by Gasteiger charge is -2.31. The molecule has 21 heavy (non-hydrogen) atoms. The van der Waals surface area contributed by atoms with Crippen molar-refractivity contribution in [3.05, 3.63) is 34.1 Å². The predicted octanol–water partition coefficient (Wildman–Crippen LogP) is 4.08. The first-order chi connectivity index (χ1) is 9.78. The van der Waals surface area contributed by atoms with E-state index in [-0.39, 0.29) is 17.8 Å². The maximum absolute atomic E-state index is 14.1. The summed E-state index contributed by atoms with van der Waals surface area (Å²) in [7, 11) is 0. The number of benzene rings is 1. The van der Waals surface area contributed by atoms with E-state index in [0.29, 0.717) is 29.5 Å². The van der Waals surface area contributed by atoms with Gasteiger partial charge in [-0.3, -0.25) is 9.69 Å². The summed E-state index contributed by atoms with van der Waals surface area (Å²) in [4.78, 5) is 13.7. The quantitative estimate of drug-likeness (QED) is 0.882. The molecule has 1 aliphatic rings. The number of hydrogen-bond acceptors (Lipinski definition) is 2. The number of carboxylic acids is 1. The molecule has 0 amide bonds. The van der Waals surface area contributed by atoms with Crippen LogP contribution in [0.5, 0.6) is 0 Å². The third kappa shape index (κ3) is 2.99. The lowest BCUT2D eigenvalue weighted by Crippen LogP contribution is -2.39. The molecule has 2 rings (SSSR count). The van der Waals surface area contributed by atoms with Gasteiger partial charge in [0.1, 0.15) is 5.82 Å². The molecule has 2 atom stereocenters. The van der Waals surface area contributed by atoms with Crippen LogP contribution in [-0.4, -0.2) is 29.1 Å². The normalized spacial score (nSPS) is 24.5. The van der Waals surface area contributed by atoms with E-state index in [4.69, 9.17) is 0 Å². The average molecular weight is 358 g/mol. The Kier molecular flexibility index (Phi) is 4.73. The molecule has 1 aromatic carbocycles. The van der Waals surface area contributed by atoms with E-state index in [2.05, 4.69) is 20.8 Å². The fourth-order valence-corrected chi connectivity index (χ4v) is 3.46. The van der Waals surface area contributed by atoms with Crippen molar-refractivity contribution in [3.63, 3.8) is 0 Å². The average Bonchev–Trinajstić information content (AvgIpc) is 2.84. The van der Waals surface area contributed by atoms with Crippen molar-refractivity contribution in [3.8, 4) is 0 Å². The van der Waals surface area contributed by atoms with Crippen LogP contribution >= 0.6 is 15.9 Å². The molecule has 0 spiro atoms. The maximum Gasteiger partial charge on any atom is 0.311 e. The van der Waals surface area contributed by atoms with Crippen LogP contribution < -0.4 is 0 Å². The molecule has 1 aliphatic heterocycles. The van der Waals surface area contributed by atoms with Crippen molar-refractivity contribution in [2.75, 3.05) is 13.1 Å². The summed E-state index contributed by atoms with van der Waals surface area (Å²) in [6.07, 6.45) is 0.614. The Morgan fingerprint density at radius 1 is 1.43 bits per heavy atom. The topological polar surface area (TPSA) is 40.5 Å². The highest BCUT2D eigenvalue weighted by atomic mass is 79.9. The van der Waals surface area contributed by atoms with Crippen LogP contribution in [0.4, 0.5) is 4.39 Å². The summed E-state index contributed by atoms with van der Waals surface area (Å²) in [5.41, 5.74) is -0.108. The van der Waals surface area contributed by atoms with Crippen LogP contribution in [0.25, 0.3) is 0 Å². The number of carboxylic acid groups (broad SMARTS) is 1. The van der Waals surface area contributed by atoms with Crippen molar-refractivity contribution in [1.82, 2.24) is 4.90 Å². The second kappa shape index (κ2) is 6.05. The molecule has 0 aliphatic carbocycles. The molecule has 1 N–H and O–H groups in total. The smallest absolute Gasteiger partial charge is 0.311 e. The highest BCUT2D eigenvalue weighted by Gasteiger charge is 2.48. The monoisotopic (exact) mass is 357 g/mol. The van der Waals surface area contributed by atoms with Crippen molar-refractivity contribution < 1.29 is 14.3 Å². The van der Waals surface area contributed by atoms with Crippen LogP contribution in [0.15, 0.2) is 22.7 Å². The molecule has 1 heterocycles. The van der Waals surface area contributed by atoms with E-state index in [0.717, 1.165) is 0 Å². The summed E-state index contributed by atoms with van der Waals surface area (Å²) in [5, 5.41) is 9.59. The van der Waals surface area contributed by atoms with Gasteiger partial charge in [0.25, 0.3) is 0 Å². The van der Waals surface area contributed by atoms with Crippen molar-refractivity contribution in [2.24, 2.45) is 11.3 Å². The van der Waals surface area contributed by atoms with E-state index in [9.17, 15) is 14.3 Å². The Labute approximate surface area is 133 Å². The van der Waals surface area contributed by atoms with Crippen LogP contribution in [0, 0.1) is 17.2 Å². The number of hydrogen-bond donors (Lipinski definition) is 1. The molecule has 116 valence electrons. The van der Waals surface area contributed by atoms with Crippen molar-refractivity contribution in [2.45, 2.75) is 33.2 Å². The fourth-order valence-electron chi connectivity index (χ4n) is 3.12. The van der Waals surface area contributed by atoms with Gasteiger partial charge in [-0.2, -0.15) is 0 Å². The molecule has 1 aromatic rings. The summed E-state index contributed by atoms with van der Waals surface area (Å²) in [6.45, 7) is 6.98. The molecule has 1 saturated heterocycles. The fraction of sp³-hybridized carbons (Fsp3) is 0.562. The van der Waals surface area contributed by atoms with Crippen LogP contribution in [0.1, 0.15) is 38.8 Å². The van der Waals surface area contributed by atoms with Crippen molar-refractivity contribution in [1.29, 1.82) is 0 Å². The van der Waals surface area contributed by atoms with Crippen LogP contribution in [0.3, 0.4) is 0 Å². The Morgan fingerprint density at radius 2 is 2.10 bits per heavy atom. The highest BCUT2D eigenvalue weighted by molar-refractivity contribution is 9.10. The molecular formula is C16H21BrFNO2. The number of aliphatic carboxylic acids is 1. The van der Waals surface area contributed by atoms with Crippen LogP contribution in [0.2, 0.25) is 0 Å². The molecule has 2 unspecified atom stereocenters. The minimum absolute atomic E-state index is 0.0574. The van der Waals surface area contributed by atoms with Gasteiger partial charge in [-0.25, -0.2) is 4.39 Å². The van der Waals surface area contributed by atoms with Crippen molar-refractivity contribution >= 4 is 21.9 Å². The molecule has 0 bridgehead atoms. The number of likely N-dealkylation sites (tertiary alicyclic amines) is 1. The van der Waals surface area contributed by atoms with Gasteiger partial charge in [0.15, 0.2) is 0 Å². The molecule has 5 heteroatoms. The van der Waals surface area contributed by atoms with E-state index in [1.165, 1.54) is 6.07 Å². The van der Waals surface area contributed by atoms with Gasteiger partial charge in [0.2, 0.25) is 0 Å². The van der Waals surface area contributed by atoms with Gasteiger partial charge >= 0.3 is 5.97 Å². The van der Waals surface area contributed by atoms with E-state index >= 15 is 0 Å². The first kappa shape index (κ1) is 16.4. The minimum atomic E-state index is -0.747. The van der Waals surface area contributed by atoms with E-state index < -0.39 is 11.4 Å². The zero-order valence-electron chi connectivity index (χ0n) is 12.6. The lowest BCUT2D eigenvalue weighted by molar-refractivity contribution is -0.151. The summed E-state index contributed by atoms with van der Waals surface area (Å²) in [6, 6.07) is 4.91. The molecule has 1 fully saturated rings. The third-order valence-electron chi connectivity index (χ3n) is 4.82. The first-order valence-electron chi connectivity index (χ1n) is 7.20. The lowest BCUT2D eigenvalue weighted by atomic mass is 9.76. The zero-order chi connectivity index (χ0) is 15.8. The first-order valence-corrected chi connectivity index (χ1v) is 7.99. The molecule has 0 saturated carbocycles. The number of nitrogens with zero attached hydrogens (tertiary/aromatic N) is 1. The number of halogens is 2. The Morgan fingerprint density at radius 3 is 2.57 bits per heavy atom. The third-order valence-corrected chi connectivity index (χ3v) is 5.32. The van der Waals surface area contributed by atoms with Gasteiger partial charge in [-0.15, -0.1) is 0 Å². The number of rotatable bonds is 4. The summed E-state index contributed by atoms with van der Waals surface area (Å²) in [5.74, 6) is -0.945. The van der Waals surface area contributed by atoms with Gasteiger partial charge in [0, 0.05) is 22.6 Å². The SMILES string of the molecule is CC(c1ccc(Br)cc1F)N1CCC(C(=O)O)(C(C)C)C1. The van der Waals surface area contributed by atoms with Crippen LogP contribution in [-0.2, 0) is 4.79 Å². The minimum Gasteiger partial charge on any atom is -0.481 e. The van der Waals surface area contributed by atoms with Gasteiger partial charge < -0.3 is 5.11 Å². The summed E-state index contributed by atoms with van der Waals surface area (Å²) >= 11 is 3.25. The summed E-state index contributed by atoms with van der Waals surface area (Å²) < 4.78 is 14.8. The second-order valence-electron chi connectivity index (χ2n) is 6.18. The molecule has 0 aromatic heterocycles. The van der Waals surface area contributed by atoms with E-state index in [1.807, 2.05) is 26.8 Å². The standard InChI is InChI=1S/C16H21BrFNO2/c1-10(2)16(15(20)21)6-7-19(9-16)11(3)13-5-4-12(17)8-14(13)18/h4-5,8,10-11H,6-7,9H2,1-3H3,(H,20,21). The number of carbonyl (C=O) groups is 1.